The first-order valence-electron chi connectivity index (χ1n) is 8.46. The first-order valence-corrected chi connectivity index (χ1v) is 8.46. The molecule has 1 aromatic carbocycles. The summed E-state index contributed by atoms with van der Waals surface area (Å²) < 4.78 is 0. The van der Waals surface area contributed by atoms with Crippen LogP contribution in [-0.2, 0) is 0 Å². The summed E-state index contributed by atoms with van der Waals surface area (Å²) >= 11 is 0. The highest BCUT2D eigenvalue weighted by Crippen LogP contribution is 2.34. The molecule has 1 aromatic heterocycles. The zero-order valence-corrected chi connectivity index (χ0v) is 14.2. The zero-order valence-electron chi connectivity index (χ0n) is 14.2. The molecule has 2 aromatic rings. The number of nitrogens with one attached hydrogen (secondary N) is 1. The highest BCUT2D eigenvalue weighted by Gasteiger charge is 2.21. The summed E-state index contributed by atoms with van der Waals surface area (Å²) in [6.07, 6.45) is 4.61. The molecule has 0 radical (unpaired) electrons. The van der Waals surface area contributed by atoms with E-state index < -0.39 is 0 Å². The van der Waals surface area contributed by atoms with Gasteiger partial charge in [-0.25, -0.2) is 4.98 Å². The summed E-state index contributed by atoms with van der Waals surface area (Å²) in [4.78, 5) is 7.32. The predicted octanol–water partition coefficient (Wildman–Crippen LogP) is 4.60. The molecule has 1 N–H and O–H groups in total. The number of fused-ring (bicyclic) bond motifs is 1. The van der Waals surface area contributed by atoms with Gasteiger partial charge in [0.1, 0.15) is 5.82 Å². The number of nitrogens with zero attached hydrogens (tertiary/aromatic N) is 2. The molecule has 0 spiro atoms. The van der Waals surface area contributed by atoms with Crippen LogP contribution in [0, 0.1) is 12.8 Å². The topological polar surface area (TPSA) is 28.2 Å². The third-order valence-electron chi connectivity index (χ3n) is 4.50. The van der Waals surface area contributed by atoms with E-state index in [-0.39, 0.29) is 0 Å². The van der Waals surface area contributed by atoms with Gasteiger partial charge in [-0.05, 0) is 45.1 Å². The molecule has 1 saturated heterocycles. The highest BCUT2D eigenvalue weighted by atomic mass is 15.2. The number of pyridine rings is 1. The summed E-state index contributed by atoms with van der Waals surface area (Å²) in [5.41, 5.74) is 2.45. The van der Waals surface area contributed by atoms with Crippen molar-refractivity contribution >= 4 is 22.3 Å². The number of rotatable bonds is 3. The SMILES string of the molecule is Cc1cccc2c(NC(C)C)cnc(N3CCCC(C)C3)c12. The lowest BCUT2D eigenvalue weighted by Crippen LogP contribution is -2.35. The lowest BCUT2D eigenvalue weighted by molar-refractivity contribution is 0.445. The van der Waals surface area contributed by atoms with Crippen molar-refractivity contribution < 1.29 is 0 Å². The van der Waals surface area contributed by atoms with Crippen LogP contribution in [0.25, 0.3) is 10.8 Å². The number of hydrogen-bond acceptors (Lipinski definition) is 3. The van der Waals surface area contributed by atoms with Crippen molar-refractivity contribution in [1.82, 2.24) is 4.98 Å². The van der Waals surface area contributed by atoms with Crippen LogP contribution >= 0.6 is 0 Å². The van der Waals surface area contributed by atoms with Crippen LogP contribution < -0.4 is 10.2 Å². The molecule has 118 valence electrons. The third kappa shape index (κ3) is 2.90. The van der Waals surface area contributed by atoms with E-state index in [2.05, 4.69) is 56.1 Å². The molecule has 1 atom stereocenters. The first kappa shape index (κ1) is 15.1. The maximum absolute atomic E-state index is 4.84. The number of aromatic nitrogens is 1. The Morgan fingerprint density at radius 2 is 2.14 bits per heavy atom. The fourth-order valence-corrected chi connectivity index (χ4v) is 3.50. The van der Waals surface area contributed by atoms with Crippen LogP contribution in [0.5, 0.6) is 0 Å². The molecule has 1 aliphatic heterocycles. The van der Waals surface area contributed by atoms with E-state index in [4.69, 9.17) is 4.98 Å². The van der Waals surface area contributed by atoms with Crippen molar-refractivity contribution in [3.63, 3.8) is 0 Å². The summed E-state index contributed by atoms with van der Waals surface area (Å²) in [5.74, 6) is 1.91. The highest BCUT2D eigenvalue weighted by molar-refractivity contribution is 6.02. The molecular formula is C19H27N3. The van der Waals surface area contributed by atoms with Gasteiger partial charge >= 0.3 is 0 Å². The van der Waals surface area contributed by atoms with E-state index in [1.54, 1.807) is 0 Å². The molecule has 0 bridgehead atoms. The molecule has 3 heteroatoms. The molecule has 1 aliphatic rings. The number of aryl methyl sites for hydroxylation is 1. The van der Waals surface area contributed by atoms with Gasteiger partial charge in [-0.15, -0.1) is 0 Å². The van der Waals surface area contributed by atoms with Crippen LogP contribution in [0.15, 0.2) is 24.4 Å². The minimum Gasteiger partial charge on any atom is -0.381 e. The minimum absolute atomic E-state index is 0.409. The van der Waals surface area contributed by atoms with Crippen LogP contribution in [0.2, 0.25) is 0 Å². The molecule has 0 amide bonds. The Balaban J connectivity index is 2.11. The molecule has 0 aliphatic carbocycles. The van der Waals surface area contributed by atoms with Gasteiger partial charge < -0.3 is 10.2 Å². The Morgan fingerprint density at radius 1 is 1.32 bits per heavy atom. The second-order valence-electron chi connectivity index (χ2n) is 6.99. The molecule has 3 nitrogen and oxygen atoms in total. The van der Waals surface area contributed by atoms with Crippen molar-refractivity contribution in [2.45, 2.75) is 46.6 Å². The van der Waals surface area contributed by atoms with Gasteiger partial charge in [0.15, 0.2) is 0 Å². The molecule has 2 heterocycles. The Morgan fingerprint density at radius 3 is 2.86 bits per heavy atom. The maximum Gasteiger partial charge on any atom is 0.136 e. The maximum atomic E-state index is 4.84. The Kier molecular flexibility index (Phi) is 4.23. The van der Waals surface area contributed by atoms with Gasteiger partial charge in [0, 0.05) is 29.9 Å². The van der Waals surface area contributed by atoms with E-state index in [1.165, 1.54) is 29.2 Å². The van der Waals surface area contributed by atoms with E-state index in [0.29, 0.717) is 6.04 Å². The fourth-order valence-electron chi connectivity index (χ4n) is 3.50. The molecule has 3 rings (SSSR count). The predicted molar refractivity (Wildman–Crippen MR) is 95.8 cm³/mol. The van der Waals surface area contributed by atoms with Gasteiger partial charge in [-0.1, -0.05) is 25.1 Å². The Bertz CT molecular complexity index is 663. The van der Waals surface area contributed by atoms with Crippen molar-refractivity contribution in [2.24, 2.45) is 5.92 Å². The summed E-state index contributed by atoms with van der Waals surface area (Å²) in [6.45, 7) is 11.1. The average molecular weight is 297 g/mol. The zero-order chi connectivity index (χ0) is 15.7. The Labute approximate surface area is 133 Å². The third-order valence-corrected chi connectivity index (χ3v) is 4.50. The first-order chi connectivity index (χ1) is 10.6. The summed E-state index contributed by atoms with van der Waals surface area (Å²) in [6, 6.07) is 6.96. The summed E-state index contributed by atoms with van der Waals surface area (Å²) in [5, 5.41) is 6.13. The second-order valence-corrected chi connectivity index (χ2v) is 6.99. The number of hydrogen-bond donors (Lipinski definition) is 1. The lowest BCUT2D eigenvalue weighted by Gasteiger charge is -2.33. The van der Waals surface area contributed by atoms with Crippen molar-refractivity contribution in [3.8, 4) is 0 Å². The van der Waals surface area contributed by atoms with Crippen LogP contribution in [0.1, 0.15) is 39.2 Å². The van der Waals surface area contributed by atoms with Crippen molar-refractivity contribution in [1.29, 1.82) is 0 Å². The van der Waals surface area contributed by atoms with E-state index >= 15 is 0 Å². The molecule has 1 unspecified atom stereocenters. The van der Waals surface area contributed by atoms with E-state index in [1.807, 2.05) is 6.20 Å². The second kappa shape index (κ2) is 6.15. The van der Waals surface area contributed by atoms with Crippen LogP contribution in [0.3, 0.4) is 0 Å². The number of benzene rings is 1. The lowest BCUT2D eigenvalue weighted by atomic mass is 9.98. The molecular weight excluding hydrogens is 270 g/mol. The average Bonchev–Trinajstić information content (AvgIpc) is 2.47. The fraction of sp³-hybridized carbons (Fsp3) is 0.526. The molecule has 22 heavy (non-hydrogen) atoms. The van der Waals surface area contributed by atoms with E-state index in [0.717, 1.165) is 30.5 Å². The smallest absolute Gasteiger partial charge is 0.136 e. The van der Waals surface area contributed by atoms with Crippen molar-refractivity contribution in [2.75, 3.05) is 23.3 Å². The monoisotopic (exact) mass is 297 g/mol. The standard InChI is InChI=1S/C19H27N3/c1-13(2)21-17-11-20-19(22-10-6-7-14(3)12-22)18-15(4)8-5-9-16(17)18/h5,8-9,11,13-14,21H,6-7,10,12H2,1-4H3. The quantitative estimate of drug-likeness (QED) is 0.897. The number of anilines is 2. The van der Waals surface area contributed by atoms with Crippen LogP contribution in [0.4, 0.5) is 11.5 Å². The van der Waals surface area contributed by atoms with Gasteiger partial charge in [0.25, 0.3) is 0 Å². The summed E-state index contributed by atoms with van der Waals surface area (Å²) in [7, 11) is 0. The van der Waals surface area contributed by atoms with Gasteiger partial charge in [-0.2, -0.15) is 0 Å². The van der Waals surface area contributed by atoms with Gasteiger partial charge in [-0.3, -0.25) is 0 Å². The Hall–Kier alpha value is -1.77. The largest absolute Gasteiger partial charge is 0.381 e. The normalized spacial score (nSPS) is 19.0. The van der Waals surface area contributed by atoms with Gasteiger partial charge in [0.2, 0.25) is 0 Å². The van der Waals surface area contributed by atoms with Crippen LogP contribution in [-0.4, -0.2) is 24.1 Å². The van der Waals surface area contributed by atoms with Gasteiger partial charge in [0.05, 0.1) is 11.9 Å². The van der Waals surface area contributed by atoms with Crippen molar-refractivity contribution in [3.05, 3.63) is 30.0 Å². The molecule has 0 saturated carbocycles. The molecule has 1 fully saturated rings. The minimum atomic E-state index is 0.409. The number of piperidine rings is 1. The van der Waals surface area contributed by atoms with E-state index in [9.17, 15) is 0 Å².